The van der Waals surface area contributed by atoms with Crippen molar-refractivity contribution in [2.75, 3.05) is 23.7 Å². The Morgan fingerprint density at radius 3 is 2.24 bits per heavy atom. The van der Waals surface area contributed by atoms with Gasteiger partial charge in [-0.25, -0.2) is 8.42 Å². The minimum atomic E-state index is -3.57. The molecule has 0 heterocycles. The van der Waals surface area contributed by atoms with Gasteiger partial charge in [0.05, 0.1) is 11.9 Å². The third-order valence-corrected chi connectivity index (χ3v) is 8.48. The topological polar surface area (TPSA) is 86.8 Å². The largest absolute Gasteiger partial charge is 0.354 e. The van der Waals surface area contributed by atoms with Crippen LogP contribution in [-0.2, 0) is 32.6 Å². The lowest BCUT2D eigenvalue weighted by Crippen LogP contribution is -2.50. The van der Waals surface area contributed by atoms with Crippen molar-refractivity contribution in [2.24, 2.45) is 0 Å². The van der Waals surface area contributed by atoms with Crippen LogP contribution in [-0.4, -0.2) is 50.5 Å². The summed E-state index contributed by atoms with van der Waals surface area (Å²) in [5.74, 6) is -0.463. The van der Waals surface area contributed by atoms with Crippen LogP contribution in [0.2, 0.25) is 5.02 Å². The number of sulfonamides is 1. The summed E-state index contributed by atoms with van der Waals surface area (Å²) in [6.45, 7) is 4.73. The second kappa shape index (κ2) is 15.6. The van der Waals surface area contributed by atoms with Gasteiger partial charge in [0.15, 0.2) is 0 Å². The van der Waals surface area contributed by atoms with Crippen molar-refractivity contribution >= 4 is 39.1 Å². The van der Waals surface area contributed by atoms with Crippen LogP contribution in [0.3, 0.4) is 0 Å². The standard InChI is InChI=1S/C32H40ClN3O4S/c1-4-5-21-34-32(38)30(23-26-15-7-6-8-16-26)35(24-27-17-10-11-18-28(27)33)31(37)20-13-22-36(41(3,39)40)29-19-12-9-14-25(29)2/h6-12,14-19,30H,4-5,13,20-24H2,1-3H3,(H,34,38)/t30-/m0/s1. The maximum atomic E-state index is 13.9. The molecule has 3 aromatic carbocycles. The summed E-state index contributed by atoms with van der Waals surface area (Å²) >= 11 is 6.49. The molecule has 0 spiro atoms. The van der Waals surface area contributed by atoms with Gasteiger partial charge in [0.25, 0.3) is 0 Å². The Bertz CT molecular complexity index is 1400. The van der Waals surface area contributed by atoms with E-state index in [-0.39, 0.29) is 37.7 Å². The van der Waals surface area contributed by atoms with Gasteiger partial charge in [-0.1, -0.05) is 91.7 Å². The number of rotatable bonds is 15. The SMILES string of the molecule is CCCCNC(=O)[C@H](Cc1ccccc1)N(Cc1ccccc1Cl)C(=O)CCCN(c1ccccc1C)S(C)(=O)=O. The third kappa shape index (κ3) is 9.61. The monoisotopic (exact) mass is 597 g/mol. The molecule has 2 amide bonds. The molecule has 3 rings (SSSR count). The number of carbonyl (C=O) groups is 2. The number of amides is 2. The summed E-state index contributed by atoms with van der Waals surface area (Å²) in [6, 6.07) is 23.4. The Morgan fingerprint density at radius 1 is 0.927 bits per heavy atom. The van der Waals surface area contributed by atoms with Gasteiger partial charge in [0, 0.05) is 37.5 Å². The quantitative estimate of drug-likeness (QED) is 0.226. The Morgan fingerprint density at radius 2 is 1.59 bits per heavy atom. The number of hydrogen-bond acceptors (Lipinski definition) is 4. The van der Waals surface area contributed by atoms with E-state index in [9.17, 15) is 18.0 Å². The number of nitrogens with zero attached hydrogens (tertiary/aromatic N) is 2. The molecule has 1 N–H and O–H groups in total. The van der Waals surface area contributed by atoms with E-state index in [2.05, 4.69) is 12.2 Å². The van der Waals surface area contributed by atoms with E-state index in [1.165, 1.54) is 10.6 Å². The van der Waals surface area contributed by atoms with Gasteiger partial charge in [0.1, 0.15) is 6.04 Å². The van der Waals surface area contributed by atoms with Gasteiger partial charge in [0.2, 0.25) is 21.8 Å². The molecule has 0 aliphatic carbocycles. The fraction of sp³-hybridized carbons (Fsp3) is 0.375. The van der Waals surface area contributed by atoms with E-state index < -0.39 is 16.1 Å². The number of unbranched alkanes of at least 4 members (excludes halogenated alkanes) is 1. The lowest BCUT2D eigenvalue weighted by atomic mass is 10.0. The van der Waals surface area contributed by atoms with E-state index in [0.29, 0.717) is 23.7 Å². The van der Waals surface area contributed by atoms with Crippen LogP contribution in [0, 0.1) is 6.92 Å². The predicted molar refractivity (Wildman–Crippen MR) is 166 cm³/mol. The molecule has 7 nitrogen and oxygen atoms in total. The summed E-state index contributed by atoms with van der Waals surface area (Å²) in [4.78, 5) is 29.0. The Hall–Kier alpha value is -3.36. The van der Waals surface area contributed by atoms with Crippen molar-refractivity contribution in [3.8, 4) is 0 Å². The molecule has 0 bridgehead atoms. The van der Waals surface area contributed by atoms with Crippen LogP contribution in [0.1, 0.15) is 49.3 Å². The molecule has 0 aliphatic heterocycles. The highest BCUT2D eigenvalue weighted by Crippen LogP contribution is 2.24. The lowest BCUT2D eigenvalue weighted by Gasteiger charge is -2.32. The van der Waals surface area contributed by atoms with Crippen molar-refractivity contribution in [3.05, 3.63) is 101 Å². The fourth-order valence-electron chi connectivity index (χ4n) is 4.70. The number of carbonyl (C=O) groups excluding carboxylic acids is 2. The zero-order valence-electron chi connectivity index (χ0n) is 24.1. The molecule has 0 radical (unpaired) electrons. The lowest BCUT2D eigenvalue weighted by molar-refractivity contribution is -0.141. The van der Waals surface area contributed by atoms with Crippen LogP contribution in [0.25, 0.3) is 0 Å². The molecule has 0 aliphatic rings. The first kappa shape index (κ1) is 32.2. The average molecular weight is 598 g/mol. The van der Waals surface area contributed by atoms with Crippen molar-refractivity contribution in [1.29, 1.82) is 0 Å². The molecule has 0 saturated carbocycles. The summed E-state index contributed by atoms with van der Waals surface area (Å²) in [5, 5.41) is 3.52. The average Bonchev–Trinajstić information content (AvgIpc) is 2.94. The normalized spacial score (nSPS) is 12.0. The molecule has 9 heteroatoms. The summed E-state index contributed by atoms with van der Waals surface area (Å²) in [6.07, 6.45) is 3.63. The number of aryl methyl sites for hydroxylation is 1. The summed E-state index contributed by atoms with van der Waals surface area (Å²) in [5.41, 5.74) is 3.09. The zero-order valence-corrected chi connectivity index (χ0v) is 25.6. The molecular formula is C32H40ClN3O4S. The minimum Gasteiger partial charge on any atom is -0.354 e. The van der Waals surface area contributed by atoms with Gasteiger partial charge >= 0.3 is 0 Å². The van der Waals surface area contributed by atoms with E-state index in [0.717, 1.165) is 29.5 Å². The Labute approximate surface area is 249 Å². The summed E-state index contributed by atoms with van der Waals surface area (Å²) in [7, 11) is -3.57. The van der Waals surface area contributed by atoms with Gasteiger partial charge in [-0.05, 0) is 48.6 Å². The number of anilines is 1. The molecule has 0 saturated heterocycles. The number of nitrogens with one attached hydrogen (secondary N) is 1. The van der Waals surface area contributed by atoms with Crippen LogP contribution in [0.4, 0.5) is 5.69 Å². The first-order valence-corrected chi connectivity index (χ1v) is 16.2. The maximum Gasteiger partial charge on any atom is 0.243 e. The zero-order chi connectivity index (χ0) is 29.8. The highest BCUT2D eigenvalue weighted by molar-refractivity contribution is 7.92. The molecule has 0 aromatic heterocycles. The molecule has 220 valence electrons. The highest BCUT2D eigenvalue weighted by atomic mass is 35.5. The first-order chi connectivity index (χ1) is 19.6. The number of hydrogen-bond donors (Lipinski definition) is 1. The number of para-hydroxylation sites is 1. The molecule has 0 unspecified atom stereocenters. The van der Waals surface area contributed by atoms with Crippen LogP contribution in [0.15, 0.2) is 78.9 Å². The van der Waals surface area contributed by atoms with Crippen LogP contribution >= 0.6 is 11.6 Å². The van der Waals surface area contributed by atoms with E-state index >= 15 is 0 Å². The molecule has 1 atom stereocenters. The molecule has 41 heavy (non-hydrogen) atoms. The Balaban J connectivity index is 1.88. The van der Waals surface area contributed by atoms with Crippen LogP contribution in [0.5, 0.6) is 0 Å². The molecule has 0 fully saturated rings. The van der Waals surface area contributed by atoms with E-state index in [4.69, 9.17) is 11.6 Å². The fourth-order valence-corrected chi connectivity index (χ4v) is 5.91. The number of benzene rings is 3. The van der Waals surface area contributed by atoms with Gasteiger partial charge in [-0.3, -0.25) is 13.9 Å². The first-order valence-electron chi connectivity index (χ1n) is 14.0. The third-order valence-electron chi connectivity index (χ3n) is 6.94. The van der Waals surface area contributed by atoms with Crippen molar-refractivity contribution in [2.45, 2.75) is 58.5 Å². The summed E-state index contributed by atoms with van der Waals surface area (Å²) < 4.78 is 26.7. The maximum absolute atomic E-state index is 13.9. The van der Waals surface area contributed by atoms with Gasteiger partial charge in [-0.2, -0.15) is 0 Å². The second-order valence-corrected chi connectivity index (χ2v) is 12.5. The van der Waals surface area contributed by atoms with Gasteiger partial charge in [-0.15, -0.1) is 0 Å². The number of halogens is 1. The Kier molecular flexibility index (Phi) is 12.2. The van der Waals surface area contributed by atoms with Crippen molar-refractivity contribution in [3.63, 3.8) is 0 Å². The predicted octanol–water partition coefficient (Wildman–Crippen LogP) is 5.75. The second-order valence-electron chi connectivity index (χ2n) is 10.2. The minimum absolute atomic E-state index is 0.0654. The van der Waals surface area contributed by atoms with E-state index in [1.807, 2.05) is 67.6 Å². The molecule has 3 aromatic rings. The van der Waals surface area contributed by atoms with Crippen molar-refractivity contribution in [1.82, 2.24) is 10.2 Å². The smallest absolute Gasteiger partial charge is 0.243 e. The highest BCUT2D eigenvalue weighted by Gasteiger charge is 2.31. The van der Waals surface area contributed by atoms with E-state index in [1.54, 1.807) is 23.1 Å². The molecular weight excluding hydrogens is 558 g/mol. The van der Waals surface area contributed by atoms with Crippen LogP contribution < -0.4 is 9.62 Å². The van der Waals surface area contributed by atoms with Crippen molar-refractivity contribution < 1.29 is 18.0 Å². The van der Waals surface area contributed by atoms with Gasteiger partial charge < -0.3 is 10.2 Å².